The SMILES string of the molecule is Cc1cc(S(=O)(=O)N2CCCC(Cc3nc(C4CC4)no3)C2)c(Cl)cc1Cl. The molecule has 1 aliphatic carbocycles. The van der Waals surface area contributed by atoms with Crippen LogP contribution in [0.3, 0.4) is 0 Å². The smallest absolute Gasteiger partial charge is 0.244 e. The van der Waals surface area contributed by atoms with Crippen molar-refractivity contribution in [3.05, 3.63) is 39.5 Å². The Kier molecular flexibility index (Phi) is 5.22. The van der Waals surface area contributed by atoms with Gasteiger partial charge in [-0.3, -0.25) is 0 Å². The van der Waals surface area contributed by atoms with E-state index in [1.54, 1.807) is 13.0 Å². The van der Waals surface area contributed by atoms with Crippen molar-refractivity contribution in [1.82, 2.24) is 14.4 Å². The number of aryl methyl sites for hydroxylation is 1. The minimum absolute atomic E-state index is 0.112. The Morgan fingerprint density at radius 3 is 2.74 bits per heavy atom. The van der Waals surface area contributed by atoms with Gasteiger partial charge in [-0.15, -0.1) is 0 Å². The van der Waals surface area contributed by atoms with Gasteiger partial charge in [0.25, 0.3) is 0 Å². The maximum absolute atomic E-state index is 13.1. The topological polar surface area (TPSA) is 76.3 Å². The van der Waals surface area contributed by atoms with Crippen molar-refractivity contribution in [3.63, 3.8) is 0 Å². The van der Waals surface area contributed by atoms with E-state index >= 15 is 0 Å². The molecule has 27 heavy (non-hydrogen) atoms. The third-order valence-corrected chi connectivity index (χ3v) is 7.94. The first-order chi connectivity index (χ1) is 12.8. The molecule has 2 heterocycles. The monoisotopic (exact) mass is 429 g/mol. The molecular weight excluding hydrogens is 409 g/mol. The Labute approximate surface area is 168 Å². The van der Waals surface area contributed by atoms with E-state index in [1.807, 2.05) is 0 Å². The first kappa shape index (κ1) is 19.2. The lowest BCUT2D eigenvalue weighted by Gasteiger charge is -2.31. The molecule has 0 bridgehead atoms. The number of nitrogens with zero attached hydrogens (tertiary/aromatic N) is 3. The van der Waals surface area contributed by atoms with Crippen molar-refractivity contribution >= 4 is 33.2 Å². The molecule has 1 saturated heterocycles. The van der Waals surface area contributed by atoms with E-state index < -0.39 is 10.0 Å². The van der Waals surface area contributed by atoms with Crippen LogP contribution in [0.1, 0.15) is 48.9 Å². The number of sulfonamides is 1. The van der Waals surface area contributed by atoms with E-state index in [0.29, 0.717) is 41.9 Å². The highest BCUT2D eigenvalue weighted by molar-refractivity contribution is 7.89. The molecular formula is C18H21Cl2N3O3S. The van der Waals surface area contributed by atoms with Crippen LogP contribution in [-0.4, -0.2) is 36.0 Å². The summed E-state index contributed by atoms with van der Waals surface area (Å²) in [6.07, 6.45) is 4.56. The maximum atomic E-state index is 13.1. The van der Waals surface area contributed by atoms with E-state index in [-0.39, 0.29) is 15.8 Å². The van der Waals surface area contributed by atoms with Crippen molar-refractivity contribution in [2.45, 2.75) is 49.8 Å². The van der Waals surface area contributed by atoms with Crippen LogP contribution < -0.4 is 0 Å². The van der Waals surface area contributed by atoms with E-state index in [9.17, 15) is 8.42 Å². The second kappa shape index (κ2) is 7.35. The van der Waals surface area contributed by atoms with Gasteiger partial charge >= 0.3 is 0 Å². The highest BCUT2D eigenvalue weighted by Gasteiger charge is 2.33. The van der Waals surface area contributed by atoms with Gasteiger partial charge in [0.2, 0.25) is 15.9 Å². The zero-order valence-corrected chi connectivity index (χ0v) is 17.3. The lowest BCUT2D eigenvalue weighted by atomic mass is 9.96. The maximum Gasteiger partial charge on any atom is 0.244 e. The largest absolute Gasteiger partial charge is 0.339 e. The second-order valence-corrected chi connectivity index (χ2v) is 10.1. The summed E-state index contributed by atoms with van der Waals surface area (Å²) >= 11 is 12.2. The van der Waals surface area contributed by atoms with Crippen LogP contribution in [0.5, 0.6) is 0 Å². The van der Waals surface area contributed by atoms with Crippen LogP contribution in [0.4, 0.5) is 0 Å². The predicted octanol–water partition coefficient (Wildman–Crippen LogP) is 4.21. The number of piperidine rings is 1. The number of halogens is 2. The average molecular weight is 430 g/mol. The lowest BCUT2D eigenvalue weighted by Crippen LogP contribution is -2.40. The molecule has 0 radical (unpaired) electrons. The molecule has 1 aromatic carbocycles. The summed E-state index contributed by atoms with van der Waals surface area (Å²) in [5.41, 5.74) is 0.687. The van der Waals surface area contributed by atoms with E-state index in [0.717, 1.165) is 31.5 Å². The summed E-state index contributed by atoms with van der Waals surface area (Å²) in [7, 11) is -3.68. The van der Waals surface area contributed by atoms with Crippen LogP contribution in [0.15, 0.2) is 21.6 Å². The molecule has 0 spiro atoms. The Morgan fingerprint density at radius 2 is 2.00 bits per heavy atom. The number of aromatic nitrogens is 2. The van der Waals surface area contributed by atoms with Crippen molar-refractivity contribution in [3.8, 4) is 0 Å². The third kappa shape index (κ3) is 4.01. The minimum Gasteiger partial charge on any atom is -0.339 e. The van der Waals surface area contributed by atoms with Crippen molar-refractivity contribution < 1.29 is 12.9 Å². The first-order valence-electron chi connectivity index (χ1n) is 9.13. The van der Waals surface area contributed by atoms with Gasteiger partial charge in [0.1, 0.15) is 4.90 Å². The summed E-state index contributed by atoms with van der Waals surface area (Å²) in [6.45, 7) is 2.67. The number of hydrogen-bond acceptors (Lipinski definition) is 5. The van der Waals surface area contributed by atoms with Gasteiger partial charge in [-0.25, -0.2) is 8.42 Å². The van der Waals surface area contributed by atoms with Gasteiger partial charge in [-0.2, -0.15) is 9.29 Å². The fraction of sp³-hybridized carbons (Fsp3) is 0.556. The van der Waals surface area contributed by atoms with Gasteiger partial charge in [-0.05, 0) is 56.2 Å². The fourth-order valence-electron chi connectivity index (χ4n) is 3.48. The quantitative estimate of drug-likeness (QED) is 0.711. The van der Waals surface area contributed by atoms with Crippen LogP contribution in [0.2, 0.25) is 10.0 Å². The minimum atomic E-state index is -3.68. The zero-order valence-electron chi connectivity index (χ0n) is 15.0. The summed E-state index contributed by atoms with van der Waals surface area (Å²) in [5, 5.41) is 4.65. The molecule has 1 unspecified atom stereocenters. The molecule has 2 aromatic rings. The molecule has 1 aromatic heterocycles. The van der Waals surface area contributed by atoms with Gasteiger partial charge in [0, 0.05) is 30.5 Å². The molecule has 6 nitrogen and oxygen atoms in total. The number of hydrogen-bond donors (Lipinski definition) is 0. The average Bonchev–Trinajstić information content (AvgIpc) is 3.38. The molecule has 146 valence electrons. The van der Waals surface area contributed by atoms with Crippen LogP contribution in [-0.2, 0) is 16.4 Å². The molecule has 4 rings (SSSR count). The van der Waals surface area contributed by atoms with Crippen LogP contribution >= 0.6 is 23.2 Å². The van der Waals surface area contributed by atoms with Crippen molar-refractivity contribution in [2.75, 3.05) is 13.1 Å². The van der Waals surface area contributed by atoms with E-state index in [4.69, 9.17) is 27.7 Å². The lowest BCUT2D eigenvalue weighted by molar-refractivity contribution is 0.247. The van der Waals surface area contributed by atoms with Crippen molar-refractivity contribution in [1.29, 1.82) is 0 Å². The van der Waals surface area contributed by atoms with Crippen LogP contribution in [0, 0.1) is 12.8 Å². The highest BCUT2D eigenvalue weighted by Crippen LogP contribution is 2.38. The molecule has 0 N–H and O–H groups in total. The summed E-state index contributed by atoms with van der Waals surface area (Å²) < 4.78 is 33.1. The van der Waals surface area contributed by atoms with Gasteiger partial charge in [-0.1, -0.05) is 28.4 Å². The summed E-state index contributed by atoms with van der Waals surface area (Å²) in [5.74, 6) is 1.98. The molecule has 2 aliphatic rings. The first-order valence-corrected chi connectivity index (χ1v) is 11.3. The molecule has 0 amide bonds. The Morgan fingerprint density at radius 1 is 1.22 bits per heavy atom. The highest BCUT2D eigenvalue weighted by atomic mass is 35.5. The Hall–Kier alpha value is -1.15. The Bertz CT molecular complexity index is 957. The molecule has 1 saturated carbocycles. The molecule has 2 fully saturated rings. The van der Waals surface area contributed by atoms with Gasteiger partial charge in [0.15, 0.2) is 5.82 Å². The molecule has 1 aliphatic heterocycles. The fourth-order valence-corrected chi connectivity index (χ4v) is 5.85. The predicted molar refractivity (Wildman–Crippen MR) is 103 cm³/mol. The van der Waals surface area contributed by atoms with Gasteiger partial charge < -0.3 is 4.52 Å². The summed E-state index contributed by atoms with van der Waals surface area (Å²) in [6, 6.07) is 3.04. The van der Waals surface area contributed by atoms with Crippen molar-refractivity contribution in [2.24, 2.45) is 5.92 Å². The Balaban J connectivity index is 1.50. The zero-order chi connectivity index (χ0) is 19.2. The normalized spacial score (nSPS) is 21.5. The number of benzene rings is 1. The molecule has 9 heteroatoms. The van der Waals surface area contributed by atoms with Crippen LogP contribution in [0.25, 0.3) is 0 Å². The third-order valence-electron chi connectivity index (χ3n) is 5.20. The van der Waals surface area contributed by atoms with E-state index in [2.05, 4.69) is 10.1 Å². The second-order valence-electron chi connectivity index (χ2n) is 7.43. The summed E-state index contributed by atoms with van der Waals surface area (Å²) in [4.78, 5) is 4.58. The van der Waals surface area contributed by atoms with E-state index in [1.165, 1.54) is 10.4 Å². The standard InChI is InChI=1S/C18H21Cl2N3O3S/c1-11-7-16(15(20)9-14(11)19)27(24,25)23-6-2-3-12(10-23)8-17-21-18(22-26-17)13-4-5-13/h7,9,12-13H,2-6,8,10H2,1H3. The molecule has 1 atom stereocenters. The van der Waals surface area contributed by atoms with Gasteiger partial charge in [0.05, 0.1) is 5.02 Å². The number of rotatable bonds is 5.